The summed E-state index contributed by atoms with van der Waals surface area (Å²) in [6, 6.07) is 7.83. The number of hydrogen-bond donors (Lipinski definition) is 1. The Bertz CT molecular complexity index is 1290. The molecule has 0 bridgehead atoms. The largest absolute Gasteiger partial charge is 0.437 e. The molecule has 4 aromatic rings. The van der Waals surface area contributed by atoms with Gasteiger partial charge in [-0.3, -0.25) is 0 Å². The molecule has 8 nitrogen and oxygen atoms in total. The Hall–Kier alpha value is -3.89. The fourth-order valence-corrected chi connectivity index (χ4v) is 3.67. The molecule has 1 aliphatic heterocycles. The van der Waals surface area contributed by atoms with E-state index in [1.807, 2.05) is 19.3 Å². The molecule has 0 saturated heterocycles. The first-order chi connectivity index (χ1) is 15.8. The van der Waals surface area contributed by atoms with Crippen LogP contribution in [0.5, 0.6) is 11.6 Å². The quantitative estimate of drug-likeness (QED) is 0.475. The van der Waals surface area contributed by atoms with Crippen molar-refractivity contribution in [1.82, 2.24) is 24.5 Å². The summed E-state index contributed by atoms with van der Waals surface area (Å²) in [6.07, 6.45) is 0.179. The Balaban J connectivity index is 1.26. The molecule has 1 atom stereocenters. The number of nitrogens with one attached hydrogen (secondary N) is 1. The minimum Gasteiger partial charge on any atom is -0.437 e. The lowest BCUT2D eigenvalue weighted by Crippen LogP contribution is -2.37. The van der Waals surface area contributed by atoms with Crippen LogP contribution >= 0.6 is 0 Å². The zero-order valence-electron chi connectivity index (χ0n) is 17.8. The summed E-state index contributed by atoms with van der Waals surface area (Å²) in [5.74, 6) is 1.83. The third-order valence-electron chi connectivity index (χ3n) is 5.55. The highest BCUT2D eigenvalue weighted by atomic mass is 19.4. The number of rotatable bonds is 5. The van der Waals surface area contributed by atoms with Gasteiger partial charge in [-0.05, 0) is 30.7 Å². The zero-order chi connectivity index (χ0) is 23.2. The standard InChI is InChI=1S/C22H20F3N7O/c1-13-12-32-8-7-16-19(32)20(31(13)2)30-21(29-16)28-10-14-3-6-18(27-9-14)33-15-4-5-17(26-11-15)22(23,24)25/h3-9,11,13H,10,12H2,1-2H3,(H,28,29,30). The third-order valence-corrected chi connectivity index (χ3v) is 5.55. The average Bonchev–Trinajstić information content (AvgIpc) is 3.19. The predicted molar refractivity (Wildman–Crippen MR) is 116 cm³/mol. The molecular weight excluding hydrogens is 435 g/mol. The van der Waals surface area contributed by atoms with Crippen molar-refractivity contribution in [2.24, 2.45) is 0 Å². The number of ether oxygens (including phenoxy) is 1. The first-order valence-electron chi connectivity index (χ1n) is 10.3. The van der Waals surface area contributed by atoms with Crippen LogP contribution < -0.4 is 15.0 Å². The van der Waals surface area contributed by atoms with Gasteiger partial charge < -0.3 is 19.5 Å². The lowest BCUT2D eigenvalue weighted by molar-refractivity contribution is -0.141. The van der Waals surface area contributed by atoms with Crippen molar-refractivity contribution < 1.29 is 17.9 Å². The molecule has 1 unspecified atom stereocenters. The Labute approximate surface area is 187 Å². The van der Waals surface area contributed by atoms with Crippen molar-refractivity contribution in [3.63, 3.8) is 0 Å². The van der Waals surface area contributed by atoms with Crippen LogP contribution in [-0.2, 0) is 19.3 Å². The number of pyridine rings is 2. The topological polar surface area (TPSA) is 81.0 Å². The van der Waals surface area contributed by atoms with Gasteiger partial charge in [-0.1, -0.05) is 6.07 Å². The van der Waals surface area contributed by atoms with Crippen molar-refractivity contribution in [2.45, 2.75) is 32.2 Å². The lowest BCUT2D eigenvalue weighted by Gasteiger charge is -2.32. The van der Waals surface area contributed by atoms with E-state index in [0.717, 1.165) is 41.2 Å². The summed E-state index contributed by atoms with van der Waals surface area (Å²) in [5.41, 5.74) is 1.80. The summed E-state index contributed by atoms with van der Waals surface area (Å²) < 4.78 is 45.5. The van der Waals surface area contributed by atoms with E-state index in [0.29, 0.717) is 18.5 Å². The van der Waals surface area contributed by atoms with E-state index in [-0.39, 0.29) is 11.6 Å². The molecule has 0 amide bonds. The minimum atomic E-state index is -4.49. The third kappa shape index (κ3) is 4.13. The monoisotopic (exact) mass is 455 g/mol. The Morgan fingerprint density at radius 1 is 1.09 bits per heavy atom. The molecule has 0 aromatic carbocycles. The minimum absolute atomic E-state index is 0.169. The van der Waals surface area contributed by atoms with E-state index >= 15 is 0 Å². The predicted octanol–water partition coefficient (Wildman–Crippen LogP) is 4.48. The van der Waals surface area contributed by atoms with Crippen LogP contribution in [0.2, 0.25) is 0 Å². The summed E-state index contributed by atoms with van der Waals surface area (Å²) in [7, 11) is 2.03. The highest BCUT2D eigenvalue weighted by Crippen LogP contribution is 2.31. The number of aromatic nitrogens is 5. The number of halogens is 3. The van der Waals surface area contributed by atoms with E-state index in [1.54, 1.807) is 18.3 Å². The molecule has 1 N–H and O–H groups in total. The highest BCUT2D eigenvalue weighted by Gasteiger charge is 2.32. The van der Waals surface area contributed by atoms with Crippen LogP contribution in [0.25, 0.3) is 11.0 Å². The van der Waals surface area contributed by atoms with Crippen molar-refractivity contribution in [3.05, 3.63) is 60.2 Å². The van der Waals surface area contributed by atoms with Crippen LogP contribution in [0.3, 0.4) is 0 Å². The maximum absolute atomic E-state index is 12.6. The zero-order valence-corrected chi connectivity index (χ0v) is 17.8. The number of anilines is 2. The van der Waals surface area contributed by atoms with Crippen LogP contribution in [0.4, 0.5) is 24.9 Å². The van der Waals surface area contributed by atoms with Gasteiger partial charge in [0.25, 0.3) is 0 Å². The number of nitrogens with zero attached hydrogens (tertiary/aromatic N) is 6. The van der Waals surface area contributed by atoms with E-state index in [2.05, 4.69) is 36.7 Å². The van der Waals surface area contributed by atoms with Crippen molar-refractivity contribution in [3.8, 4) is 11.6 Å². The first-order valence-corrected chi connectivity index (χ1v) is 10.3. The number of hydrogen-bond acceptors (Lipinski definition) is 7. The highest BCUT2D eigenvalue weighted by molar-refractivity contribution is 5.89. The van der Waals surface area contributed by atoms with Gasteiger partial charge in [0.2, 0.25) is 11.8 Å². The SMILES string of the molecule is CC1Cn2ccc3nc(NCc4ccc(Oc5ccc(C(F)(F)F)nc5)nc4)nc(c32)N1C. The van der Waals surface area contributed by atoms with E-state index in [4.69, 9.17) is 9.72 Å². The molecule has 170 valence electrons. The molecule has 4 aromatic heterocycles. The van der Waals surface area contributed by atoms with Crippen LogP contribution in [0.15, 0.2) is 48.9 Å². The molecule has 0 aliphatic carbocycles. The summed E-state index contributed by atoms with van der Waals surface area (Å²) in [5, 5.41) is 3.23. The van der Waals surface area contributed by atoms with E-state index in [9.17, 15) is 13.2 Å². The van der Waals surface area contributed by atoms with Crippen molar-refractivity contribution in [2.75, 3.05) is 17.3 Å². The van der Waals surface area contributed by atoms with E-state index < -0.39 is 11.9 Å². The molecule has 33 heavy (non-hydrogen) atoms. The molecule has 0 spiro atoms. The maximum atomic E-state index is 12.6. The van der Waals surface area contributed by atoms with Gasteiger partial charge >= 0.3 is 6.18 Å². The van der Waals surface area contributed by atoms with Crippen molar-refractivity contribution >= 4 is 22.8 Å². The Morgan fingerprint density at radius 3 is 2.64 bits per heavy atom. The van der Waals surface area contributed by atoms with Gasteiger partial charge in [0, 0.05) is 44.6 Å². The molecule has 11 heteroatoms. The molecule has 1 aliphatic rings. The van der Waals surface area contributed by atoms with Crippen LogP contribution in [0.1, 0.15) is 18.2 Å². The molecule has 0 fully saturated rings. The van der Waals surface area contributed by atoms with Gasteiger partial charge in [-0.25, -0.2) is 15.0 Å². The number of alkyl halides is 3. The van der Waals surface area contributed by atoms with Crippen molar-refractivity contribution in [1.29, 1.82) is 0 Å². The summed E-state index contributed by atoms with van der Waals surface area (Å²) >= 11 is 0. The Kier molecular flexibility index (Phi) is 5.03. The molecular formula is C22H20F3N7O. The summed E-state index contributed by atoms with van der Waals surface area (Å²) in [6.45, 7) is 3.49. The maximum Gasteiger partial charge on any atom is 0.433 e. The molecule has 5 rings (SSSR count). The van der Waals surface area contributed by atoms with Gasteiger partial charge in [-0.2, -0.15) is 18.2 Å². The molecule has 5 heterocycles. The second-order valence-corrected chi connectivity index (χ2v) is 7.87. The van der Waals surface area contributed by atoms with E-state index in [1.165, 1.54) is 6.07 Å². The second-order valence-electron chi connectivity index (χ2n) is 7.87. The van der Waals surface area contributed by atoms with Gasteiger partial charge in [0.05, 0.1) is 11.7 Å². The molecule has 0 saturated carbocycles. The second kappa shape index (κ2) is 7.91. The lowest BCUT2D eigenvalue weighted by atomic mass is 10.2. The fourth-order valence-electron chi connectivity index (χ4n) is 3.67. The van der Waals surface area contributed by atoms with Gasteiger partial charge in [0.1, 0.15) is 17.0 Å². The van der Waals surface area contributed by atoms with Gasteiger partial charge in [-0.15, -0.1) is 0 Å². The van der Waals surface area contributed by atoms with Crippen LogP contribution in [0, 0.1) is 0 Å². The normalized spacial score (nSPS) is 15.7. The fraction of sp³-hybridized carbons (Fsp3) is 0.273. The first kappa shape index (κ1) is 21.0. The van der Waals surface area contributed by atoms with Crippen LogP contribution in [-0.4, -0.2) is 37.6 Å². The summed E-state index contributed by atoms with van der Waals surface area (Å²) in [4.78, 5) is 19.0. The smallest absolute Gasteiger partial charge is 0.433 e. The van der Waals surface area contributed by atoms with Gasteiger partial charge in [0.15, 0.2) is 5.82 Å². The average molecular weight is 455 g/mol. The number of likely N-dealkylation sites (N-methyl/N-ethyl adjacent to an activating group) is 1. The molecule has 0 radical (unpaired) electrons. The Morgan fingerprint density at radius 2 is 1.94 bits per heavy atom.